The molecule has 1 amide bonds. The van der Waals surface area contributed by atoms with E-state index in [-0.39, 0.29) is 12.5 Å². The van der Waals surface area contributed by atoms with Crippen molar-refractivity contribution in [3.8, 4) is 5.75 Å². The number of hydrogen-bond acceptors (Lipinski definition) is 4. The Kier molecular flexibility index (Phi) is 4.02. The van der Waals surface area contributed by atoms with E-state index in [0.29, 0.717) is 18.0 Å². The van der Waals surface area contributed by atoms with Crippen molar-refractivity contribution in [1.82, 2.24) is 15.1 Å². The maximum Gasteiger partial charge on any atom is 0.258 e. The number of nitrogen functional groups attached to an aromatic ring is 1. The van der Waals surface area contributed by atoms with Gasteiger partial charge in [0.2, 0.25) is 0 Å². The van der Waals surface area contributed by atoms with Crippen LogP contribution in [-0.4, -0.2) is 22.3 Å². The number of nitrogens with zero attached hydrogens (tertiary/aromatic N) is 2. The molecular weight excluding hydrogens is 244 g/mol. The quantitative estimate of drug-likeness (QED) is 0.775. The number of nitrogens with two attached hydrogens (primary N) is 1. The molecule has 0 aliphatic rings. The third-order valence-corrected chi connectivity index (χ3v) is 2.49. The minimum absolute atomic E-state index is 0.0310. The second-order valence-corrected chi connectivity index (χ2v) is 4.12. The molecule has 1 heterocycles. The number of anilines is 1. The standard InChI is InChI=1S/C13H16N4O2/c1-17-7-6-11(16-17)8-15-13(18)9-19-12-4-2-10(14)3-5-12/h2-7H,8-9,14H2,1H3,(H,15,18). The van der Waals surface area contributed by atoms with Crippen LogP contribution in [0.15, 0.2) is 36.5 Å². The number of aromatic nitrogens is 2. The Labute approximate surface area is 111 Å². The van der Waals surface area contributed by atoms with Crippen molar-refractivity contribution in [2.75, 3.05) is 12.3 Å². The first-order valence-electron chi connectivity index (χ1n) is 5.87. The number of carbonyl (C=O) groups excluding carboxylic acids is 1. The molecule has 0 fully saturated rings. The lowest BCUT2D eigenvalue weighted by Gasteiger charge is -2.06. The fourth-order valence-electron chi connectivity index (χ4n) is 1.51. The summed E-state index contributed by atoms with van der Waals surface area (Å²) >= 11 is 0. The Bertz CT molecular complexity index is 548. The minimum atomic E-state index is -0.192. The van der Waals surface area contributed by atoms with Crippen molar-refractivity contribution < 1.29 is 9.53 Å². The first kappa shape index (κ1) is 12.9. The molecule has 1 aromatic carbocycles. The molecule has 6 nitrogen and oxygen atoms in total. The Balaban J connectivity index is 1.74. The maximum absolute atomic E-state index is 11.6. The molecule has 100 valence electrons. The molecule has 0 spiro atoms. The van der Waals surface area contributed by atoms with Crippen molar-refractivity contribution >= 4 is 11.6 Å². The van der Waals surface area contributed by atoms with Gasteiger partial charge < -0.3 is 15.8 Å². The fraction of sp³-hybridized carbons (Fsp3) is 0.231. The molecule has 0 unspecified atom stereocenters. The van der Waals surface area contributed by atoms with Gasteiger partial charge in [0.05, 0.1) is 12.2 Å². The lowest BCUT2D eigenvalue weighted by molar-refractivity contribution is -0.123. The summed E-state index contributed by atoms with van der Waals surface area (Å²) in [5, 5.41) is 6.89. The van der Waals surface area contributed by atoms with Gasteiger partial charge in [-0.1, -0.05) is 0 Å². The first-order chi connectivity index (χ1) is 9.13. The van der Waals surface area contributed by atoms with Crippen LogP contribution >= 0.6 is 0 Å². The number of amides is 1. The summed E-state index contributed by atoms with van der Waals surface area (Å²) < 4.78 is 7.01. The van der Waals surface area contributed by atoms with E-state index in [1.165, 1.54) is 0 Å². The van der Waals surface area contributed by atoms with Crippen LogP contribution in [0.5, 0.6) is 5.75 Å². The van der Waals surface area contributed by atoms with Crippen molar-refractivity contribution in [3.63, 3.8) is 0 Å². The number of carbonyl (C=O) groups is 1. The highest BCUT2D eigenvalue weighted by Crippen LogP contribution is 2.12. The number of hydrogen-bond donors (Lipinski definition) is 2. The van der Waals surface area contributed by atoms with Gasteiger partial charge in [-0.15, -0.1) is 0 Å². The van der Waals surface area contributed by atoms with Gasteiger partial charge in [0.15, 0.2) is 6.61 Å². The number of ether oxygens (including phenoxy) is 1. The van der Waals surface area contributed by atoms with Gasteiger partial charge in [-0.25, -0.2) is 0 Å². The van der Waals surface area contributed by atoms with E-state index in [2.05, 4.69) is 10.4 Å². The van der Waals surface area contributed by atoms with Crippen molar-refractivity contribution in [2.24, 2.45) is 7.05 Å². The molecule has 2 aromatic rings. The smallest absolute Gasteiger partial charge is 0.258 e. The average Bonchev–Trinajstić information content (AvgIpc) is 2.81. The van der Waals surface area contributed by atoms with Gasteiger partial charge in [-0.05, 0) is 30.3 Å². The SMILES string of the molecule is Cn1ccc(CNC(=O)COc2ccc(N)cc2)n1. The van der Waals surface area contributed by atoms with Crippen LogP contribution in [0.2, 0.25) is 0 Å². The molecule has 1 aromatic heterocycles. The number of nitrogens with one attached hydrogen (secondary N) is 1. The molecule has 0 aliphatic carbocycles. The summed E-state index contributed by atoms with van der Waals surface area (Å²) in [7, 11) is 1.83. The lowest BCUT2D eigenvalue weighted by atomic mass is 10.3. The molecule has 0 bridgehead atoms. The molecule has 0 radical (unpaired) electrons. The highest BCUT2D eigenvalue weighted by Gasteiger charge is 2.04. The Morgan fingerprint density at radius 1 is 1.37 bits per heavy atom. The molecule has 0 atom stereocenters. The molecule has 0 saturated heterocycles. The summed E-state index contributed by atoms with van der Waals surface area (Å²) in [6.45, 7) is 0.363. The summed E-state index contributed by atoms with van der Waals surface area (Å²) in [5.74, 6) is 0.421. The van der Waals surface area contributed by atoms with Crippen LogP contribution in [0.4, 0.5) is 5.69 Å². The maximum atomic E-state index is 11.6. The summed E-state index contributed by atoms with van der Waals surface area (Å²) in [4.78, 5) is 11.6. The van der Waals surface area contributed by atoms with Gasteiger partial charge in [0.25, 0.3) is 5.91 Å². The van der Waals surface area contributed by atoms with Crippen LogP contribution in [0.1, 0.15) is 5.69 Å². The number of benzene rings is 1. The predicted molar refractivity (Wildman–Crippen MR) is 71.4 cm³/mol. The third-order valence-electron chi connectivity index (χ3n) is 2.49. The van der Waals surface area contributed by atoms with Crippen LogP contribution < -0.4 is 15.8 Å². The highest BCUT2D eigenvalue weighted by atomic mass is 16.5. The first-order valence-corrected chi connectivity index (χ1v) is 5.87. The van der Waals surface area contributed by atoms with E-state index in [0.717, 1.165) is 5.69 Å². The lowest BCUT2D eigenvalue weighted by Crippen LogP contribution is -2.28. The van der Waals surface area contributed by atoms with Crippen molar-refractivity contribution in [1.29, 1.82) is 0 Å². The van der Waals surface area contributed by atoms with Crippen LogP contribution in [0.25, 0.3) is 0 Å². The largest absolute Gasteiger partial charge is 0.484 e. The topological polar surface area (TPSA) is 82.2 Å². The molecule has 2 rings (SSSR count). The predicted octanol–water partition coefficient (Wildman–Crippen LogP) is 0.697. The van der Waals surface area contributed by atoms with Gasteiger partial charge in [0.1, 0.15) is 5.75 Å². The number of rotatable bonds is 5. The van der Waals surface area contributed by atoms with E-state index in [4.69, 9.17) is 10.5 Å². The fourth-order valence-corrected chi connectivity index (χ4v) is 1.51. The second-order valence-electron chi connectivity index (χ2n) is 4.12. The molecule has 6 heteroatoms. The van der Waals surface area contributed by atoms with E-state index >= 15 is 0 Å². The van der Waals surface area contributed by atoms with E-state index < -0.39 is 0 Å². The van der Waals surface area contributed by atoms with Crippen LogP contribution in [-0.2, 0) is 18.4 Å². The molecule has 0 aliphatic heterocycles. The normalized spacial score (nSPS) is 10.2. The van der Waals surface area contributed by atoms with Crippen molar-refractivity contribution in [3.05, 3.63) is 42.2 Å². The van der Waals surface area contributed by atoms with Crippen LogP contribution in [0.3, 0.4) is 0 Å². The Hall–Kier alpha value is -2.50. The molecular formula is C13H16N4O2. The molecule has 0 saturated carbocycles. The summed E-state index contributed by atoms with van der Waals surface area (Å²) in [6, 6.07) is 8.74. The molecule has 3 N–H and O–H groups in total. The van der Waals surface area contributed by atoms with E-state index in [1.54, 1.807) is 28.9 Å². The summed E-state index contributed by atoms with van der Waals surface area (Å²) in [6.07, 6.45) is 1.83. The van der Waals surface area contributed by atoms with Crippen LogP contribution in [0, 0.1) is 0 Å². The van der Waals surface area contributed by atoms with E-state index in [1.807, 2.05) is 19.3 Å². The van der Waals surface area contributed by atoms with Gasteiger partial charge in [-0.2, -0.15) is 5.10 Å². The zero-order chi connectivity index (χ0) is 13.7. The Morgan fingerprint density at radius 2 is 2.11 bits per heavy atom. The summed E-state index contributed by atoms with van der Waals surface area (Å²) in [5.41, 5.74) is 7.02. The van der Waals surface area contributed by atoms with Gasteiger partial charge in [-0.3, -0.25) is 9.48 Å². The minimum Gasteiger partial charge on any atom is -0.484 e. The van der Waals surface area contributed by atoms with Crippen molar-refractivity contribution in [2.45, 2.75) is 6.54 Å². The highest BCUT2D eigenvalue weighted by molar-refractivity contribution is 5.77. The number of aryl methyl sites for hydroxylation is 1. The van der Waals surface area contributed by atoms with Gasteiger partial charge in [0, 0.05) is 18.9 Å². The zero-order valence-electron chi connectivity index (χ0n) is 10.7. The Morgan fingerprint density at radius 3 is 2.74 bits per heavy atom. The second kappa shape index (κ2) is 5.90. The third kappa shape index (κ3) is 4.02. The molecule has 19 heavy (non-hydrogen) atoms. The zero-order valence-corrected chi connectivity index (χ0v) is 10.7. The monoisotopic (exact) mass is 260 g/mol. The van der Waals surface area contributed by atoms with E-state index in [9.17, 15) is 4.79 Å². The average molecular weight is 260 g/mol. The van der Waals surface area contributed by atoms with Gasteiger partial charge >= 0.3 is 0 Å².